The Labute approximate surface area is 223 Å². The van der Waals surface area contributed by atoms with Crippen molar-refractivity contribution in [1.29, 1.82) is 0 Å². The molecule has 1 aliphatic heterocycles. The summed E-state index contributed by atoms with van der Waals surface area (Å²) >= 11 is 0. The standard InChI is InChI=1S/C29H27F3N2O5/c1-38-27(36)24(15-21-12-7-8-14-23(21)29(30,31)32)33-26(35)25-16-20-11-5-6-13-22(20)17-34(25)28(37)39-18-19-9-3-2-4-10-19/h2-14,24-25H,15-18H2,1H3,(H,33,35)/t24-,25-/m0/s1. The summed E-state index contributed by atoms with van der Waals surface area (Å²) in [6, 6.07) is 18.7. The molecule has 0 radical (unpaired) electrons. The van der Waals surface area contributed by atoms with Gasteiger partial charge in [-0.3, -0.25) is 9.69 Å². The number of ether oxygens (including phenoxy) is 2. The summed E-state index contributed by atoms with van der Waals surface area (Å²) in [5.41, 5.74) is 1.35. The highest BCUT2D eigenvalue weighted by molar-refractivity contribution is 5.90. The monoisotopic (exact) mass is 540 g/mol. The van der Waals surface area contributed by atoms with Crippen LogP contribution in [0.5, 0.6) is 0 Å². The van der Waals surface area contributed by atoms with Crippen LogP contribution in [0.2, 0.25) is 0 Å². The van der Waals surface area contributed by atoms with Crippen molar-refractivity contribution in [3.05, 3.63) is 107 Å². The number of fused-ring (bicyclic) bond motifs is 1. The molecule has 2 amide bonds. The van der Waals surface area contributed by atoms with Crippen LogP contribution in [0.1, 0.15) is 27.8 Å². The Bertz CT molecular complexity index is 1330. The maximum atomic E-state index is 13.5. The normalized spacial score (nSPS) is 15.6. The predicted molar refractivity (Wildman–Crippen MR) is 135 cm³/mol. The van der Waals surface area contributed by atoms with Gasteiger partial charge < -0.3 is 14.8 Å². The van der Waals surface area contributed by atoms with Gasteiger partial charge in [0.05, 0.1) is 19.2 Å². The van der Waals surface area contributed by atoms with Gasteiger partial charge in [0.15, 0.2) is 0 Å². The van der Waals surface area contributed by atoms with Crippen molar-refractivity contribution in [1.82, 2.24) is 10.2 Å². The molecular weight excluding hydrogens is 513 g/mol. The number of carbonyl (C=O) groups excluding carboxylic acids is 3. The average Bonchev–Trinajstić information content (AvgIpc) is 2.94. The van der Waals surface area contributed by atoms with Gasteiger partial charge in [-0.05, 0) is 28.3 Å². The van der Waals surface area contributed by atoms with E-state index >= 15 is 0 Å². The second kappa shape index (κ2) is 12.0. The van der Waals surface area contributed by atoms with Crippen LogP contribution >= 0.6 is 0 Å². The number of nitrogens with one attached hydrogen (secondary N) is 1. The zero-order valence-electron chi connectivity index (χ0n) is 21.1. The zero-order chi connectivity index (χ0) is 28.0. The molecule has 39 heavy (non-hydrogen) atoms. The van der Waals surface area contributed by atoms with Crippen LogP contribution in [0.4, 0.5) is 18.0 Å². The third kappa shape index (κ3) is 6.76. The van der Waals surface area contributed by atoms with Gasteiger partial charge in [-0.1, -0.05) is 72.8 Å². The summed E-state index contributed by atoms with van der Waals surface area (Å²) in [6.45, 7) is 0.0762. The smallest absolute Gasteiger partial charge is 0.416 e. The van der Waals surface area contributed by atoms with Crippen molar-refractivity contribution in [2.45, 2.75) is 44.3 Å². The fraction of sp³-hybridized carbons (Fsp3) is 0.276. The van der Waals surface area contributed by atoms with Crippen LogP contribution < -0.4 is 5.32 Å². The third-order valence-electron chi connectivity index (χ3n) is 6.54. The fourth-order valence-electron chi connectivity index (χ4n) is 4.55. The summed E-state index contributed by atoms with van der Waals surface area (Å²) in [7, 11) is 1.08. The maximum Gasteiger partial charge on any atom is 0.416 e. The number of rotatable bonds is 7. The van der Waals surface area contributed by atoms with Gasteiger partial charge in [-0.2, -0.15) is 13.2 Å². The van der Waals surface area contributed by atoms with E-state index in [1.54, 1.807) is 24.3 Å². The number of hydrogen-bond acceptors (Lipinski definition) is 5. The van der Waals surface area contributed by atoms with E-state index in [-0.39, 0.29) is 25.1 Å². The number of carbonyl (C=O) groups is 3. The molecule has 3 aromatic carbocycles. The van der Waals surface area contributed by atoms with Crippen molar-refractivity contribution < 1.29 is 37.0 Å². The molecule has 1 heterocycles. The molecule has 3 aromatic rings. The van der Waals surface area contributed by atoms with Crippen LogP contribution in [-0.4, -0.2) is 42.1 Å². The van der Waals surface area contributed by atoms with Crippen molar-refractivity contribution in [2.75, 3.05) is 7.11 Å². The van der Waals surface area contributed by atoms with E-state index in [1.807, 2.05) is 30.3 Å². The van der Waals surface area contributed by atoms with E-state index in [0.29, 0.717) is 0 Å². The van der Waals surface area contributed by atoms with Crippen LogP contribution in [0.25, 0.3) is 0 Å². The highest BCUT2D eigenvalue weighted by Crippen LogP contribution is 2.32. The first-order valence-electron chi connectivity index (χ1n) is 12.2. The third-order valence-corrected chi connectivity index (χ3v) is 6.54. The molecule has 1 N–H and O–H groups in total. The molecular formula is C29H27F3N2O5. The topological polar surface area (TPSA) is 84.9 Å². The fourth-order valence-corrected chi connectivity index (χ4v) is 4.55. The largest absolute Gasteiger partial charge is 0.467 e. The predicted octanol–water partition coefficient (Wildman–Crippen LogP) is 4.67. The van der Waals surface area contributed by atoms with Gasteiger partial charge in [0.25, 0.3) is 0 Å². The molecule has 2 atom stereocenters. The molecule has 7 nitrogen and oxygen atoms in total. The highest BCUT2D eigenvalue weighted by atomic mass is 19.4. The molecule has 0 unspecified atom stereocenters. The lowest BCUT2D eigenvalue weighted by Crippen LogP contribution is -2.56. The van der Waals surface area contributed by atoms with Gasteiger partial charge in [-0.15, -0.1) is 0 Å². The van der Waals surface area contributed by atoms with Gasteiger partial charge in [0.1, 0.15) is 18.7 Å². The van der Waals surface area contributed by atoms with Crippen LogP contribution in [0.15, 0.2) is 78.9 Å². The van der Waals surface area contributed by atoms with E-state index in [1.165, 1.54) is 23.1 Å². The lowest BCUT2D eigenvalue weighted by molar-refractivity contribution is -0.146. The Morgan fingerprint density at radius 2 is 1.59 bits per heavy atom. The lowest BCUT2D eigenvalue weighted by Gasteiger charge is -2.35. The minimum atomic E-state index is -4.65. The Hall–Kier alpha value is -4.34. The van der Waals surface area contributed by atoms with Gasteiger partial charge in [0.2, 0.25) is 5.91 Å². The zero-order valence-corrected chi connectivity index (χ0v) is 21.1. The molecule has 0 saturated heterocycles. The number of hydrogen-bond donors (Lipinski definition) is 1. The molecule has 0 fully saturated rings. The number of benzene rings is 3. The van der Waals surface area contributed by atoms with E-state index in [0.717, 1.165) is 29.9 Å². The molecule has 10 heteroatoms. The molecule has 0 saturated carbocycles. The van der Waals surface area contributed by atoms with Crippen molar-refractivity contribution >= 4 is 18.0 Å². The molecule has 4 rings (SSSR count). The van der Waals surface area contributed by atoms with Gasteiger partial charge in [0, 0.05) is 12.8 Å². The summed E-state index contributed by atoms with van der Waals surface area (Å²) in [5, 5.41) is 2.52. The molecule has 0 aliphatic carbocycles. The minimum absolute atomic E-state index is 0.00876. The second-order valence-electron chi connectivity index (χ2n) is 9.10. The summed E-state index contributed by atoms with van der Waals surface area (Å²) in [6.07, 6.45) is -5.69. The Balaban J connectivity index is 1.56. The van der Waals surface area contributed by atoms with Crippen molar-refractivity contribution in [3.63, 3.8) is 0 Å². The number of alkyl halides is 3. The molecule has 0 spiro atoms. The first kappa shape index (κ1) is 27.7. The van der Waals surface area contributed by atoms with E-state index in [2.05, 4.69) is 5.32 Å². The maximum absolute atomic E-state index is 13.5. The summed E-state index contributed by atoms with van der Waals surface area (Å²) in [4.78, 5) is 40.4. The quantitative estimate of drug-likeness (QED) is 0.441. The molecule has 1 aliphatic rings. The highest BCUT2D eigenvalue weighted by Gasteiger charge is 2.39. The number of halogens is 3. The number of nitrogens with zero attached hydrogens (tertiary/aromatic N) is 1. The Morgan fingerprint density at radius 1 is 0.949 bits per heavy atom. The van der Waals surface area contributed by atoms with Crippen molar-refractivity contribution in [2.24, 2.45) is 0 Å². The summed E-state index contributed by atoms with van der Waals surface area (Å²) < 4.78 is 50.9. The first-order chi connectivity index (χ1) is 18.7. The van der Waals surface area contributed by atoms with Gasteiger partial charge >= 0.3 is 18.2 Å². The average molecular weight is 541 g/mol. The Morgan fingerprint density at radius 3 is 2.28 bits per heavy atom. The van der Waals surface area contributed by atoms with Crippen LogP contribution in [0.3, 0.4) is 0 Å². The molecule has 204 valence electrons. The lowest BCUT2D eigenvalue weighted by atomic mass is 9.93. The first-order valence-corrected chi connectivity index (χ1v) is 12.2. The van der Waals surface area contributed by atoms with Gasteiger partial charge in [-0.25, -0.2) is 9.59 Å². The van der Waals surface area contributed by atoms with E-state index < -0.39 is 48.2 Å². The molecule has 0 bridgehead atoms. The van der Waals surface area contributed by atoms with Crippen LogP contribution in [-0.2, 0) is 51.2 Å². The van der Waals surface area contributed by atoms with E-state index in [9.17, 15) is 27.6 Å². The van der Waals surface area contributed by atoms with Crippen LogP contribution in [0, 0.1) is 0 Å². The summed E-state index contributed by atoms with van der Waals surface area (Å²) in [5.74, 6) is -1.62. The second-order valence-corrected chi connectivity index (χ2v) is 9.10. The number of methoxy groups -OCH3 is 1. The minimum Gasteiger partial charge on any atom is -0.467 e. The number of esters is 1. The Kier molecular flexibility index (Phi) is 8.53. The van der Waals surface area contributed by atoms with E-state index in [4.69, 9.17) is 9.47 Å². The van der Waals surface area contributed by atoms with Crippen molar-refractivity contribution in [3.8, 4) is 0 Å². The SMILES string of the molecule is COC(=O)[C@H](Cc1ccccc1C(F)(F)F)NC(=O)[C@@H]1Cc2ccccc2CN1C(=O)OCc1ccccc1. The number of amides is 2. The molecule has 0 aromatic heterocycles.